The van der Waals surface area contributed by atoms with E-state index in [0.717, 1.165) is 5.56 Å². The van der Waals surface area contributed by atoms with Crippen LogP contribution >= 0.6 is 11.3 Å². The van der Waals surface area contributed by atoms with Gasteiger partial charge in [0.25, 0.3) is 0 Å². The monoisotopic (exact) mass is 392 g/mol. The van der Waals surface area contributed by atoms with Crippen LogP contribution in [0.3, 0.4) is 0 Å². The Balaban J connectivity index is 1.75. The van der Waals surface area contributed by atoms with Crippen LogP contribution in [0.5, 0.6) is 0 Å². The number of thiazole rings is 1. The van der Waals surface area contributed by atoms with Gasteiger partial charge in [0, 0.05) is 16.8 Å². The summed E-state index contributed by atoms with van der Waals surface area (Å²) in [6, 6.07) is 20.7. The Morgan fingerprint density at radius 1 is 0.821 bits per heavy atom. The molecule has 3 nitrogen and oxygen atoms in total. The van der Waals surface area contributed by atoms with E-state index in [0.29, 0.717) is 27.0 Å². The van der Waals surface area contributed by atoms with Crippen molar-refractivity contribution in [3.05, 3.63) is 101 Å². The van der Waals surface area contributed by atoms with Gasteiger partial charge in [-0.2, -0.15) is 0 Å². The van der Waals surface area contributed by atoms with Gasteiger partial charge in [-0.15, -0.1) is 0 Å². The Hall–Kier alpha value is -3.38. The zero-order valence-electron chi connectivity index (χ0n) is 14.5. The molecule has 4 aromatic rings. The third-order valence-electron chi connectivity index (χ3n) is 4.08. The highest BCUT2D eigenvalue weighted by atomic mass is 32.1. The van der Waals surface area contributed by atoms with E-state index < -0.39 is 5.82 Å². The van der Waals surface area contributed by atoms with E-state index in [4.69, 9.17) is 0 Å². The number of benzene rings is 3. The number of ketones is 1. The van der Waals surface area contributed by atoms with Gasteiger partial charge in [-0.05, 0) is 48.5 Å². The van der Waals surface area contributed by atoms with Crippen LogP contribution in [0.25, 0.3) is 11.3 Å². The lowest BCUT2D eigenvalue weighted by Gasteiger charge is -2.02. The lowest BCUT2D eigenvalue weighted by molar-refractivity contribution is 0.104. The van der Waals surface area contributed by atoms with Gasteiger partial charge in [0.15, 0.2) is 5.13 Å². The van der Waals surface area contributed by atoms with Crippen LogP contribution in [0.15, 0.2) is 78.9 Å². The van der Waals surface area contributed by atoms with Crippen molar-refractivity contribution in [2.75, 3.05) is 5.32 Å². The van der Waals surface area contributed by atoms with Gasteiger partial charge >= 0.3 is 0 Å². The fraction of sp³-hybridized carbons (Fsp3) is 0. The zero-order valence-corrected chi connectivity index (χ0v) is 15.3. The molecule has 0 unspecified atom stereocenters. The quantitative estimate of drug-likeness (QED) is 0.420. The fourth-order valence-electron chi connectivity index (χ4n) is 2.71. The zero-order chi connectivity index (χ0) is 19.5. The number of halogens is 2. The van der Waals surface area contributed by atoms with Gasteiger partial charge in [0.05, 0.1) is 5.69 Å². The molecule has 1 heterocycles. The number of nitrogens with one attached hydrogen (secondary N) is 1. The lowest BCUT2D eigenvalue weighted by Crippen LogP contribution is -2.00. The predicted molar refractivity (Wildman–Crippen MR) is 107 cm³/mol. The topological polar surface area (TPSA) is 42.0 Å². The Morgan fingerprint density at radius 2 is 1.43 bits per heavy atom. The SMILES string of the molecule is O=C(c1ccc(F)cc1)c1sc(Nc2ccc(F)cc2)nc1-c1ccccc1. The molecule has 0 fully saturated rings. The second kappa shape index (κ2) is 7.70. The van der Waals surface area contributed by atoms with Crippen LogP contribution in [0, 0.1) is 11.6 Å². The third kappa shape index (κ3) is 3.82. The smallest absolute Gasteiger partial charge is 0.205 e. The summed E-state index contributed by atoms with van der Waals surface area (Å²) in [5, 5.41) is 3.62. The summed E-state index contributed by atoms with van der Waals surface area (Å²) in [6.07, 6.45) is 0. The molecule has 0 atom stereocenters. The summed E-state index contributed by atoms with van der Waals surface area (Å²) >= 11 is 1.20. The third-order valence-corrected chi connectivity index (χ3v) is 5.05. The van der Waals surface area contributed by atoms with Crippen LogP contribution in [-0.2, 0) is 0 Å². The van der Waals surface area contributed by atoms with Gasteiger partial charge in [0.2, 0.25) is 5.78 Å². The summed E-state index contributed by atoms with van der Waals surface area (Å²) < 4.78 is 26.3. The van der Waals surface area contributed by atoms with E-state index in [1.54, 1.807) is 12.1 Å². The molecule has 6 heteroatoms. The summed E-state index contributed by atoms with van der Waals surface area (Å²) in [4.78, 5) is 18.1. The minimum atomic E-state index is -0.400. The molecule has 1 aromatic heterocycles. The minimum absolute atomic E-state index is 0.233. The van der Waals surface area contributed by atoms with Crippen LogP contribution in [0.2, 0.25) is 0 Å². The molecule has 0 aliphatic rings. The fourth-order valence-corrected chi connectivity index (χ4v) is 3.68. The Labute approximate surface area is 164 Å². The Bertz CT molecular complexity index is 1110. The van der Waals surface area contributed by atoms with Crippen molar-refractivity contribution in [3.8, 4) is 11.3 Å². The van der Waals surface area contributed by atoms with E-state index >= 15 is 0 Å². The van der Waals surface area contributed by atoms with Crippen molar-refractivity contribution in [1.29, 1.82) is 0 Å². The summed E-state index contributed by atoms with van der Waals surface area (Å²) in [5.41, 5.74) is 2.40. The first-order valence-electron chi connectivity index (χ1n) is 8.49. The van der Waals surface area contributed by atoms with Gasteiger partial charge in [-0.25, -0.2) is 13.8 Å². The number of anilines is 2. The van der Waals surface area contributed by atoms with Crippen LogP contribution in [0.1, 0.15) is 15.2 Å². The largest absolute Gasteiger partial charge is 0.332 e. The van der Waals surface area contributed by atoms with Crippen LogP contribution < -0.4 is 5.32 Å². The molecule has 0 bridgehead atoms. The first-order chi connectivity index (χ1) is 13.6. The number of carbonyl (C=O) groups excluding carboxylic acids is 1. The molecule has 0 aliphatic heterocycles. The maximum Gasteiger partial charge on any atom is 0.205 e. The van der Waals surface area contributed by atoms with Crippen LogP contribution in [-0.4, -0.2) is 10.8 Å². The van der Waals surface area contributed by atoms with Crippen molar-refractivity contribution in [3.63, 3.8) is 0 Å². The average Bonchev–Trinajstić information content (AvgIpc) is 3.14. The van der Waals surface area contributed by atoms with E-state index in [9.17, 15) is 13.6 Å². The Kier molecular flexibility index (Phi) is 4.95. The number of hydrogen-bond acceptors (Lipinski definition) is 4. The second-order valence-electron chi connectivity index (χ2n) is 6.03. The molecule has 3 aromatic carbocycles. The molecule has 0 spiro atoms. The summed E-state index contributed by atoms with van der Waals surface area (Å²) in [6.45, 7) is 0. The first-order valence-corrected chi connectivity index (χ1v) is 9.31. The molecule has 28 heavy (non-hydrogen) atoms. The van der Waals surface area contributed by atoms with Crippen molar-refractivity contribution < 1.29 is 13.6 Å². The summed E-state index contributed by atoms with van der Waals surface area (Å²) in [5.74, 6) is -0.965. The molecule has 4 rings (SSSR count). The molecule has 0 saturated carbocycles. The number of rotatable bonds is 5. The standard InChI is InChI=1S/C22H14F2N2OS/c23-16-8-6-15(7-9-16)20(27)21-19(14-4-2-1-3-5-14)26-22(28-21)25-18-12-10-17(24)11-13-18/h1-13H,(H,25,26). The van der Waals surface area contributed by atoms with E-state index in [-0.39, 0.29) is 11.6 Å². The number of nitrogens with zero attached hydrogens (tertiary/aromatic N) is 1. The molecule has 0 amide bonds. The molecule has 0 saturated heterocycles. The van der Waals surface area contributed by atoms with Gasteiger partial charge in [-0.3, -0.25) is 4.79 Å². The van der Waals surface area contributed by atoms with E-state index in [1.807, 2.05) is 30.3 Å². The first kappa shape index (κ1) is 18.0. The molecule has 0 aliphatic carbocycles. The highest BCUT2D eigenvalue weighted by Crippen LogP contribution is 2.34. The molecular formula is C22H14F2N2OS. The van der Waals surface area contributed by atoms with Crippen molar-refractivity contribution in [2.45, 2.75) is 0 Å². The highest BCUT2D eigenvalue weighted by molar-refractivity contribution is 7.18. The highest BCUT2D eigenvalue weighted by Gasteiger charge is 2.21. The second-order valence-corrected chi connectivity index (χ2v) is 7.03. The molecule has 138 valence electrons. The minimum Gasteiger partial charge on any atom is -0.332 e. The molecule has 0 radical (unpaired) electrons. The molecular weight excluding hydrogens is 378 g/mol. The average molecular weight is 392 g/mol. The lowest BCUT2D eigenvalue weighted by atomic mass is 10.1. The maximum absolute atomic E-state index is 13.2. The predicted octanol–water partition coefficient (Wildman–Crippen LogP) is 6.06. The van der Waals surface area contributed by atoms with Crippen molar-refractivity contribution in [2.24, 2.45) is 0 Å². The normalized spacial score (nSPS) is 10.6. The van der Waals surface area contributed by atoms with Crippen LogP contribution in [0.4, 0.5) is 19.6 Å². The molecule has 1 N–H and O–H groups in total. The maximum atomic E-state index is 13.2. The van der Waals surface area contributed by atoms with Gasteiger partial charge < -0.3 is 5.32 Å². The number of carbonyl (C=O) groups is 1. The van der Waals surface area contributed by atoms with E-state index in [2.05, 4.69) is 10.3 Å². The van der Waals surface area contributed by atoms with Crippen molar-refractivity contribution >= 4 is 27.9 Å². The van der Waals surface area contributed by atoms with Gasteiger partial charge in [0.1, 0.15) is 16.5 Å². The summed E-state index contributed by atoms with van der Waals surface area (Å²) in [7, 11) is 0. The van der Waals surface area contributed by atoms with Gasteiger partial charge in [-0.1, -0.05) is 41.7 Å². The van der Waals surface area contributed by atoms with Crippen molar-refractivity contribution in [1.82, 2.24) is 4.98 Å². The number of aromatic nitrogens is 1. The van der Waals surface area contributed by atoms with E-state index in [1.165, 1.54) is 47.7 Å². The Morgan fingerprint density at radius 3 is 2.07 bits per heavy atom. The number of hydrogen-bond donors (Lipinski definition) is 1.